The molecule has 3 aromatic carbocycles. The number of carbonyl (C=O) groups is 2. The van der Waals surface area contributed by atoms with Crippen molar-refractivity contribution < 1.29 is 9.59 Å². The van der Waals surface area contributed by atoms with E-state index in [0.717, 1.165) is 11.1 Å². The molecule has 0 aliphatic carbocycles. The fourth-order valence-corrected chi connectivity index (χ4v) is 3.60. The fourth-order valence-electron chi connectivity index (χ4n) is 3.60. The number of rotatable bonds is 4. The molecule has 0 unspecified atom stereocenters. The van der Waals surface area contributed by atoms with Crippen LogP contribution < -0.4 is 10.6 Å². The lowest BCUT2D eigenvalue weighted by atomic mass is 10.0. The van der Waals surface area contributed by atoms with E-state index in [9.17, 15) is 14.9 Å². The largest absolute Gasteiger partial charge is 0.345 e. The zero-order valence-corrected chi connectivity index (χ0v) is 18.3. The first-order valence-corrected chi connectivity index (χ1v) is 10.5. The van der Waals surface area contributed by atoms with Gasteiger partial charge in [-0.2, -0.15) is 5.26 Å². The molecule has 0 bridgehead atoms. The standard InChI is InChI=1S/C27H22N4O2/c1-17-12-14-20(15-13-17)26(32)31-25-22-11-7-6-10-21(22)24(30-25)23(16-28)27(33)29-18(2)19-8-4-3-5-9-19/h3-15,18H,1-2H3,(H,29,33)(H,30,31,32)/b24-23-/t18-/m0/s1. The summed E-state index contributed by atoms with van der Waals surface area (Å²) < 4.78 is 0. The smallest absolute Gasteiger partial charge is 0.264 e. The molecule has 3 aromatic rings. The van der Waals surface area contributed by atoms with Gasteiger partial charge < -0.3 is 10.6 Å². The van der Waals surface area contributed by atoms with Gasteiger partial charge in [-0.3, -0.25) is 9.59 Å². The normalized spacial score (nSPS) is 14.4. The highest BCUT2D eigenvalue weighted by molar-refractivity contribution is 6.20. The minimum Gasteiger partial charge on any atom is -0.345 e. The van der Waals surface area contributed by atoms with Gasteiger partial charge in [0.2, 0.25) is 0 Å². The first kappa shape index (κ1) is 21.7. The number of carbonyl (C=O) groups excluding carboxylic acids is 2. The maximum atomic E-state index is 13.0. The van der Waals surface area contributed by atoms with E-state index in [1.807, 2.05) is 68.4 Å². The SMILES string of the molecule is Cc1ccc(C(=O)NC2=N/C(=C(/C#N)C(=O)N[C@@H](C)c3ccccc3)c3ccccc32)cc1. The van der Waals surface area contributed by atoms with Crippen LogP contribution in [0.2, 0.25) is 0 Å². The van der Waals surface area contributed by atoms with Crippen molar-refractivity contribution in [3.63, 3.8) is 0 Å². The van der Waals surface area contributed by atoms with Gasteiger partial charge in [0, 0.05) is 16.7 Å². The molecule has 0 saturated heterocycles. The predicted molar refractivity (Wildman–Crippen MR) is 127 cm³/mol. The Labute approximate surface area is 192 Å². The van der Waals surface area contributed by atoms with Crippen molar-refractivity contribution in [3.05, 3.63) is 112 Å². The van der Waals surface area contributed by atoms with Gasteiger partial charge in [0.15, 0.2) is 0 Å². The van der Waals surface area contributed by atoms with Crippen molar-refractivity contribution >= 4 is 23.3 Å². The highest BCUT2D eigenvalue weighted by Gasteiger charge is 2.27. The maximum Gasteiger partial charge on any atom is 0.264 e. The molecule has 1 aliphatic heterocycles. The van der Waals surface area contributed by atoms with Crippen molar-refractivity contribution in [2.24, 2.45) is 4.99 Å². The minimum atomic E-state index is -0.520. The molecule has 1 atom stereocenters. The number of aryl methyl sites for hydroxylation is 1. The quantitative estimate of drug-likeness (QED) is 0.474. The number of aliphatic imine (C=N–C) groups is 1. The van der Waals surface area contributed by atoms with Gasteiger partial charge in [0.1, 0.15) is 17.5 Å². The van der Waals surface area contributed by atoms with Gasteiger partial charge in [-0.05, 0) is 31.5 Å². The summed E-state index contributed by atoms with van der Waals surface area (Å²) in [7, 11) is 0. The van der Waals surface area contributed by atoms with Gasteiger partial charge in [-0.25, -0.2) is 4.99 Å². The number of nitrogens with zero attached hydrogens (tertiary/aromatic N) is 2. The van der Waals surface area contributed by atoms with Gasteiger partial charge in [0.05, 0.1) is 11.7 Å². The molecule has 6 heteroatoms. The van der Waals surface area contributed by atoms with E-state index in [4.69, 9.17) is 0 Å². The lowest BCUT2D eigenvalue weighted by Crippen LogP contribution is -2.30. The van der Waals surface area contributed by atoms with Gasteiger partial charge in [-0.15, -0.1) is 0 Å². The fraction of sp³-hybridized carbons (Fsp3) is 0.111. The number of hydrogen-bond donors (Lipinski definition) is 2. The summed E-state index contributed by atoms with van der Waals surface area (Å²) >= 11 is 0. The second-order valence-corrected chi connectivity index (χ2v) is 7.77. The van der Waals surface area contributed by atoms with Crippen LogP contribution in [-0.4, -0.2) is 17.6 Å². The van der Waals surface area contributed by atoms with Crippen LogP contribution in [0.5, 0.6) is 0 Å². The van der Waals surface area contributed by atoms with Crippen LogP contribution in [-0.2, 0) is 4.79 Å². The van der Waals surface area contributed by atoms with Gasteiger partial charge in [0.25, 0.3) is 11.8 Å². The number of fused-ring (bicyclic) bond motifs is 1. The van der Waals surface area contributed by atoms with Crippen LogP contribution in [0.3, 0.4) is 0 Å². The summed E-state index contributed by atoms with van der Waals surface area (Å²) in [5.41, 5.74) is 3.88. The highest BCUT2D eigenvalue weighted by atomic mass is 16.2. The number of amides is 2. The summed E-state index contributed by atoms with van der Waals surface area (Å²) in [6, 6.07) is 25.6. The number of amidine groups is 1. The highest BCUT2D eigenvalue weighted by Crippen LogP contribution is 2.31. The lowest BCUT2D eigenvalue weighted by Gasteiger charge is -2.14. The summed E-state index contributed by atoms with van der Waals surface area (Å²) in [6.07, 6.45) is 0. The molecule has 0 fully saturated rings. The van der Waals surface area contributed by atoms with E-state index in [1.54, 1.807) is 30.3 Å². The van der Waals surface area contributed by atoms with Crippen molar-refractivity contribution in [1.29, 1.82) is 5.26 Å². The topological polar surface area (TPSA) is 94.3 Å². The van der Waals surface area contributed by atoms with Crippen LogP contribution >= 0.6 is 0 Å². The predicted octanol–water partition coefficient (Wildman–Crippen LogP) is 4.30. The molecule has 6 nitrogen and oxygen atoms in total. The Morgan fingerprint density at radius 1 is 0.909 bits per heavy atom. The third-order valence-electron chi connectivity index (χ3n) is 5.43. The first-order chi connectivity index (χ1) is 16.0. The lowest BCUT2D eigenvalue weighted by molar-refractivity contribution is -0.117. The molecule has 33 heavy (non-hydrogen) atoms. The molecule has 2 amide bonds. The zero-order chi connectivity index (χ0) is 23.4. The van der Waals surface area contributed by atoms with Gasteiger partial charge in [-0.1, -0.05) is 72.3 Å². The maximum absolute atomic E-state index is 13.0. The van der Waals surface area contributed by atoms with Crippen molar-refractivity contribution in [3.8, 4) is 6.07 Å². The molecule has 1 heterocycles. The van der Waals surface area contributed by atoms with E-state index >= 15 is 0 Å². The van der Waals surface area contributed by atoms with Crippen LogP contribution in [0.15, 0.2) is 89.4 Å². The molecular formula is C27H22N4O2. The second-order valence-electron chi connectivity index (χ2n) is 7.77. The van der Waals surface area contributed by atoms with E-state index in [0.29, 0.717) is 22.5 Å². The van der Waals surface area contributed by atoms with Crippen molar-refractivity contribution in [1.82, 2.24) is 10.6 Å². The Morgan fingerprint density at radius 2 is 1.55 bits per heavy atom. The second kappa shape index (κ2) is 9.33. The first-order valence-electron chi connectivity index (χ1n) is 10.5. The summed E-state index contributed by atoms with van der Waals surface area (Å²) in [5, 5.41) is 15.5. The summed E-state index contributed by atoms with van der Waals surface area (Å²) in [5.74, 6) is -0.526. The molecule has 0 aromatic heterocycles. The van der Waals surface area contributed by atoms with E-state index in [-0.39, 0.29) is 23.2 Å². The Morgan fingerprint density at radius 3 is 2.21 bits per heavy atom. The molecule has 162 valence electrons. The molecule has 0 radical (unpaired) electrons. The molecule has 1 aliphatic rings. The Bertz CT molecular complexity index is 1320. The summed E-state index contributed by atoms with van der Waals surface area (Å²) in [6.45, 7) is 3.80. The number of hydrogen-bond acceptors (Lipinski definition) is 4. The Hall–Kier alpha value is -4.50. The van der Waals surface area contributed by atoms with Crippen LogP contribution in [0.1, 0.15) is 45.6 Å². The third kappa shape index (κ3) is 4.58. The van der Waals surface area contributed by atoms with Crippen molar-refractivity contribution in [2.75, 3.05) is 0 Å². The molecule has 0 saturated carbocycles. The molecule has 4 rings (SSSR count). The monoisotopic (exact) mass is 434 g/mol. The summed E-state index contributed by atoms with van der Waals surface area (Å²) in [4.78, 5) is 30.2. The van der Waals surface area contributed by atoms with E-state index in [1.165, 1.54) is 0 Å². The van der Waals surface area contributed by atoms with E-state index in [2.05, 4.69) is 15.6 Å². The third-order valence-corrected chi connectivity index (χ3v) is 5.43. The van der Waals surface area contributed by atoms with Crippen molar-refractivity contribution in [2.45, 2.75) is 19.9 Å². The van der Waals surface area contributed by atoms with Crippen LogP contribution in [0, 0.1) is 18.3 Å². The minimum absolute atomic E-state index is 0.107. The average Bonchev–Trinajstić information content (AvgIpc) is 3.18. The number of nitriles is 1. The Kier molecular flexibility index (Phi) is 6.14. The number of benzene rings is 3. The number of nitrogens with one attached hydrogen (secondary N) is 2. The average molecular weight is 434 g/mol. The Balaban J connectivity index is 1.65. The van der Waals surface area contributed by atoms with Crippen LogP contribution in [0.25, 0.3) is 5.70 Å². The van der Waals surface area contributed by atoms with Gasteiger partial charge >= 0.3 is 0 Å². The molecular weight excluding hydrogens is 412 g/mol. The zero-order valence-electron chi connectivity index (χ0n) is 18.3. The molecule has 0 spiro atoms. The van der Waals surface area contributed by atoms with E-state index < -0.39 is 5.91 Å². The molecule has 2 N–H and O–H groups in total. The van der Waals surface area contributed by atoms with Crippen LogP contribution in [0.4, 0.5) is 0 Å².